The van der Waals surface area contributed by atoms with E-state index >= 15 is 0 Å². The molecule has 0 aliphatic carbocycles. The molecule has 0 atom stereocenters. The van der Waals surface area contributed by atoms with Gasteiger partial charge in [-0.3, -0.25) is 4.90 Å². The summed E-state index contributed by atoms with van der Waals surface area (Å²) in [5.41, 5.74) is -1.94. The quantitative estimate of drug-likeness (QED) is 0.746. The van der Waals surface area contributed by atoms with Crippen LogP contribution in [0.4, 0.5) is 9.18 Å². The molecule has 1 aromatic carbocycles. The summed E-state index contributed by atoms with van der Waals surface area (Å²) in [6, 6.07) is 10.7. The highest BCUT2D eigenvalue weighted by Crippen LogP contribution is 2.29. The predicted molar refractivity (Wildman–Crippen MR) is 95.7 cm³/mol. The van der Waals surface area contributed by atoms with Crippen LogP contribution in [0.3, 0.4) is 0 Å². The Kier molecular flexibility index (Phi) is 4.86. The van der Waals surface area contributed by atoms with Gasteiger partial charge in [0.15, 0.2) is 0 Å². The van der Waals surface area contributed by atoms with E-state index in [9.17, 15) is 19.2 Å². The number of nitriles is 1. The summed E-state index contributed by atoms with van der Waals surface area (Å²) < 4.78 is 29.7. The Bertz CT molecular complexity index is 948. The fourth-order valence-electron chi connectivity index (χ4n) is 2.67. The van der Waals surface area contributed by atoms with E-state index in [1.54, 1.807) is 32.9 Å². The van der Waals surface area contributed by atoms with Crippen LogP contribution in [0.2, 0.25) is 0 Å². The molecular formula is C20H19FN2O5. The third kappa shape index (κ3) is 3.98. The van der Waals surface area contributed by atoms with E-state index in [1.807, 2.05) is 6.07 Å². The Morgan fingerprint density at radius 1 is 1.21 bits per heavy atom. The topological polar surface area (TPSA) is 92.8 Å². The van der Waals surface area contributed by atoms with Crippen LogP contribution in [-0.2, 0) is 9.47 Å². The fourth-order valence-corrected chi connectivity index (χ4v) is 2.67. The Morgan fingerprint density at radius 3 is 2.50 bits per heavy atom. The van der Waals surface area contributed by atoms with Crippen LogP contribution < -0.4 is 0 Å². The lowest BCUT2D eigenvalue weighted by atomic mass is 9.96. The third-order valence-electron chi connectivity index (χ3n) is 3.98. The van der Waals surface area contributed by atoms with E-state index in [4.69, 9.17) is 13.9 Å². The minimum Gasteiger partial charge on any atom is -0.449 e. The summed E-state index contributed by atoms with van der Waals surface area (Å²) in [6.45, 7) is 4.97. The van der Waals surface area contributed by atoms with Gasteiger partial charge in [-0.15, -0.1) is 0 Å². The number of likely N-dealkylation sites (tertiary alicyclic amines) is 1. The molecule has 3 rings (SSSR count). The number of carbonyl (C=O) groups excluding carboxylic acids is 2. The molecule has 0 radical (unpaired) electrons. The van der Waals surface area contributed by atoms with Crippen LogP contribution in [0.1, 0.15) is 31.3 Å². The normalized spacial score (nSPS) is 15.3. The summed E-state index contributed by atoms with van der Waals surface area (Å²) in [6.07, 6.45) is -0.589. The van der Waals surface area contributed by atoms with Crippen LogP contribution in [-0.4, -0.2) is 41.3 Å². The highest BCUT2D eigenvalue weighted by Gasteiger charge is 2.51. The van der Waals surface area contributed by atoms with Crippen molar-refractivity contribution >= 4 is 12.1 Å². The van der Waals surface area contributed by atoms with Crippen molar-refractivity contribution < 1.29 is 27.9 Å². The van der Waals surface area contributed by atoms with Crippen LogP contribution >= 0.6 is 0 Å². The lowest BCUT2D eigenvalue weighted by molar-refractivity contribution is -0.0796. The molecule has 0 spiro atoms. The highest BCUT2D eigenvalue weighted by molar-refractivity contribution is 5.88. The Balaban J connectivity index is 1.66. The van der Waals surface area contributed by atoms with E-state index in [2.05, 4.69) is 0 Å². The number of ether oxygens (including phenoxy) is 2. The molecule has 1 saturated heterocycles. The molecule has 1 amide bonds. The van der Waals surface area contributed by atoms with Crippen molar-refractivity contribution in [1.29, 1.82) is 5.26 Å². The molecule has 28 heavy (non-hydrogen) atoms. The van der Waals surface area contributed by atoms with Crippen LogP contribution in [0.5, 0.6) is 0 Å². The molecule has 0 unspecified atom stereocenters. The molecule has 7 nitrogen and oxygen atoms in total. The molecule has 0 bridgehead atoms. The zero-order chi connectivity index (χ0) is 20.5. The first kappa shape index (κ1) is 19.4. The second-order valence-corrected chi connectivity index (χ2v) is 7.48. The Morgan fingerprint density at radius 2 is 1.89 bits per heavy atom. The first-order valence-electron chi connectivity index (χ1n) is 8.60. The number of esters is 1. The van der Waals surface area contributed by atoms with Gasteiger partial charge in [-0.05, 0) is 45.0 Å². The second kappa shape index (κ2) is 7.00. The van der Waals surface area contributed by atoms with E-state index in [0.29, 0.717) is 0 Å². The van der Waals surface area contributed by atoms with Gasteiger partial charge in [0.2, 0.25) is 11.4 Å². The van der Waals surface area contributed by atoms with Gasteiger partial charge < -0.3 is 13.9 Å². The van der Waals surface area contributed by atoms with Crippen LogP contribution in [0, 0.1) is 17.1 Å². The Labute approximate surface area is 161 Å². The maximum atomic E-state index is 13.8. The maximum absolute atomic E-state index is 13.8. The molecule has 146 valence electrons. The van der Waals surface area contributed by atoms with Crippen molar-refractivity contribution in [3.05, 3.63) is 48.0 Å². The van der Waals surface area contributed by atoms with Crippen molar-refractivity contribution in [3.63, 3.8) is 0 Å². The number of hydrogen-bond donors (Lipinski definition) is 0. The summed E-state index contributed by atoms with van der Waals surface area (Å²) in [5.74, 6) is -1.35. The first-order chi connectivity index (χ1) is 13.1. The monoisotopic (exact) mass is 386 g/mol. The molecule has 1 aliphatic heterocycles. The molecule has 0 N–H and O–H groups in total. The van der Waals surface area contributed by atoms with E-state index in [0.717, 1.165) is 0 Å². The minimum absolute atomic E-state index is 0.106. The highest BCUT2D eigenvalue weighted by atomic mass is 19.1. The number of hydrogen-bond acceptors (Lipinski definition) is 6. The largest absolute Gasteiger partial charge is 0.449 e. The summed E-state index contributed by atoms with van der Waals surface area (Å²) in [4.78, 5) is 25.6. The number of nitrogens with zero attached hydrogens (tertiary/aromatic N) is 2. The SMILES string of the molecule is CC(C)(C)OC(=O)N1CC(C#N)(OC(=O)c2ccc(-c3ccccc3F)o2)C1. The van der Waals surface area contributed by atoms with E-state index in [1.165, 1.54) is 29.2 Å². The molecule has 1 aromatic heterocycles. The molecule has 2 aromatic rings. The molecule has 8 heteroatoms. The third-order valence-corrected chi connectivity index (χ3v) is 3.98. The van der Waals surface area contributed by atoms with Gasteiger partial charge in [0.25, 0.3) is 0 Å². The lowest BCUT2D eigenvalue weighted by Gasteiger charge is -2.44. The van der Waals surface area contributed by atoms with Gasteiger partial charge in [0.05, 0.1) is 18.7 Å². The van der Waals surface area contributed by atoms with Crippen molar-refractivity contribution in [2.24, 2.45) is 0 Å². The standard InChI is InChI=1S/C20H19FN2O5/c1-19(2,3)28-18(25)23-11-20(10-22,12-23)27-17(24)16-9-8-15(26-16)13-6-4-5-7-14(13)21/h4-9H,11-12H2,1-3H3. The summed E-state index contributed by atoms with van der Waals surface area (Å²) >= 11 is 0. The van der Waals surface area contributed by atoms with Crippen LogP contribution in [0.15, 0.2) is 40.8 Å². The average Bonchev–Trinajstić information content (AvgIpc) is 3.06. The van der Waals surface area contributed by atoms with Gasteiger partial charge in [0.1, 0.15) is 23.2 Å². The number of rotatable bonds is 3. The number of benzene rings is 1. The molecule has 2 heterocycles. The van der Waals surface area contributed by atoms with Crippen molar-refractivity contribution in [2.45, 2.75) is 32.0 Å². The van der Waals surface area contributed by atoms with E-state index in [-0.39, 0.29) is 30.2 Å². The fraction of sp³-hybridized carbons (Fsp3) is 0.350. The van der Waals surface area contributed by atoms with Crippen molar-refractivity contribution in [3.8, 4) is 17.4 Å². The van der Waals surface area contributed by atoms with Crippen molar-refractivity contribution in [2.75, 3.05) is 13.1 Å². The zero-order valence-corrected chi connectivity index (χ0v) is 15.7. The van der Waals surface area contributed by atoms with Gasteiger partial charge in [-0.25, -0.2) is 14.0 Å². The number of halogens is 1. The molecule has 1 fully saturated rings. The van der Waals surface area contributed by atoms with Crippen molar-refractivity contribution in [1.82, 2.24) is 4.90 Å². The van der Waals surface area contributed by atoms with Gasteiger partial charge in [-0.2, -0.15) is 5.26 Å². The van der Waals surface area contributed by atoms with Crippen LogP contribution in [0.25, 0.3) is 11.3 Å². The molecular weight excluding hydrogens is 367 g/mol. The van der Waals surface area contributed by atoms with Gasteiger partial charge >= 0.3 is 12.1 Å². The molecule has 0 saturated carbocycles. The predicted octanol–water partition coefficient (Wildman–Crippen LogP) is 3.76. The number of furan rings is 1. The first-order valence-corrected chi connectivity index (χ1v) is 8.60. The molecule has 1 aliphatic rings. The van der Waals surface area contributed by atoms with Gasteiger partial charge in [0, 0.05) is 0 Å². The zero-order valence-electron chi connectivity index (χ0n) is 15.7. The average molecular weight is 386 g/mol. The minimum atomic E-state index is -1.47. The number of carbonyl (C=O) groups is 2. The lowest BCUT2D eigenvalue weighted by Crippen LogP contribution is -2.65. The Hall–Kier alpha value is -3.34. The van der Waals surface area contributed by atoms with Gasteiger partial charge in [-0.1, -0.05) is 12.1 Å². The number of amides is 1. The second-order valence-electron chi connectivity index (χ2n) is 7.48. The van der Waals surface area contributed by atoms with E-state index < -0.39 is 29.1 Å². The summed E-state index contributed by atoms with van der Waals surface area (Å²) in [5, 5.41) is 9.40. The summed E-state index contributed by atoms with van der Waals surface area (Å²) in [7, 11) is 0. The smallest absolute Gasteiger partial charge is 0.410 e. The maximum Gasteiger partial charge on any atom is 0.410 e.